The molecule has 0 spiro atoms. The van der Waals surface area contributed by atoms with Gasteiger partial charge in [0.25, 0.3) is 0 Å². The van der Waals surface area contributed by atoms with Crippen LogP contribution in [-0.2, 0) is 27.2 Å². The molecule has 0 atom stereocenters. The molecule has 0 aliphatic rings. The summed E-state index contributed by atoms with van der Waals surface area (Å²) in [4.78, 5) is 10.1. The van der Waals surface area contributed by atoms with Crippen molar-refractivity contribution in [3.8, 4) is 0 Å². The Morgan fingerprint density at radius 3 is 2.41 bits per heavy atom. The van der Waals surface area contributed by atoms with Gasteiger partial charge in [0, 0.05) is 11.1 Å². The van der Waals surface area contributed by atoms with E-state index in [2.05, 4.69) is 10.3 Å². The first-order chi connectivity index (χ1) is 13.8. The second kappa shape index (κ2) is 9.72. The summed E-state index contributed by atoms with van der Waals surface area (Å²) in [6.07, 6.45) is -4.43. The highest BCUT2D eigenvalue weighted by Gasteiger charge is 2.30. The van der Waals surface area contributed by atoms with Crippen molar-refractivity contribution < 1.29 is 27.6 Å². The minimum Gasteiger partial charge on any atom is -0.480 e. The second-order valence-electron chi connectivity index (χ2n) is 5.84. The van der Waals surface area contributed by atoms with Crippen LogP contribution in [0.15, 0.2) is 58.8 Å². The number of ether oxygens (including phenoxy) is 1. The summed E-state index contributed by atoms with van der Waals surface area (Å²) in [7, 11) is 2.69. The molecular formula is C20H20F3N3O3. The van der Waals surface area contributed by atoms with E-state index < -0.39 is 11.7 Å². The van der Waals surface area contributed by atoms with Crippen molar-refractivity contribution in [1.29, 1.82) is 5.41 Å². The molecule has 0 aliphatic carbocycles. The minimum atomic E-state index is -4.43. The van der Waals surface area contributed by atoms with Crippen LogP contribution < -0.4 is 0 Å². The fourth-order valence-corrected chi connectivity index (χ4v) is 2.45. The molecule has 0 saturated heterocycles. The zero-order valence-electron chi connectivity index (χ0n) is 16.1. The number of nitrogens with zero attached hydrogens (tertiary/aromatic N) is 2. The van der Waals surface area contributed by atoms with Gasteiger partial charge in [-0.1, -0.05) is 46.7 Å². The van der Waals surface area contributed by atoms with Crippen LogP contribution >= 0.6 is 0 Å². The summed E-state index contributed by atoms with van der Waals surface area (Å²) in [6, 6.07) is 11.8. The van der Waals surface area contributed by atoms with Gasteiger partial charge in [-0.05, 0) is 24.6 Å². The van der Waals surface area contributed by atoms with Crippen LogP contribution in [0.2, 0.25) is 0 Å². The topological polar surface area (TPSA) is 76.3 Å². The molecular weight excluding hydrogens is 387 g/mol. The molecule has 29 heavy (non-hydrogen) atoms. The lowest BCUT2D eigenvalue weighted by Crippen LogP contribution is -2.18. The van der Waals surface area contributed by atoms with E-state index in [1.807, 2.05) is 0 Å². The first-order valence-electron chi connectivity index (χ1n) is 8.44. The number of hydrogen-bond acceptors (Lipinski definition) is 6. The predicted molar refractivity (Wildman–Crippen MR) is 103 cm³/mol. The highest BCUT2D eigenvalue weighted by atomic mass is 19.4. The molecule has 0 unspecified atom stereocenters. The molecule has 1 N–H and O–H groups in total. The first-order valence-corrected chi connectivity index (χ1v) is 8.44. The molecule has 9 heteroatoms. The van der Waals surface area contributed by atoms with Crippen molar-refractivity contribution in [2.24, 2.45) is 10.3 Å². The number of hydrogen-bond donors (Lipinski definition) is 1. The zero-order valence-corrected chi connectivity index (χ0v) is 16.1. The number of oxime groups is 2. The summed E-state index contributed by atoms with van der Waals surface area (Å²) in [6.45, 7) is 1.56. The van der Waals surface area contributed by atoms with Crippen LogP contribution in [-0.4, -0.2) is 31.5 Å². The molecule has 0 aliphatic heterocycles. The molecule has 0 saturated carbocycles. The lowest BCUT2D eigenvalue weighted by atomic mass is 10.0. The molecule has 0 aromatic heterocycles. The summed E-state index contributed by atoms with van der Waals surface area (Å²) in [5.41, 5.74) is 1.21. The summed E-state index contributed by atoms with van der Waals surface area (Å²) in [5.74, 6) is -0.192. The van der Waals surface area contributed by atoms with Gasteiger partial charge in [0.2, 0.25) is 5.90 Å². The lowest BCUT2D eigenvalue weighted by molar-refractivity contribution is -0.137. The summed E-state index contributed by atoms with van der Waals surface area (Å²) >= 11 is 0. The molecule has 0 amide bonds. The van der Waals surface area contributed by atoms with Crippen molar-refractivity contribution in [1.82, 2.24) is 0 Å². The average molecular weight is 407 g/mol. The number of nitrogens with one attached hydrogen (secondary N) is 1. The number of methoxy groups -OCH3 is 1. The van der Waals surface area contributed by atoms with E-state index in [1.165, 1.54) is 26.4 Å². The van der Waals surface area contributed by atoms with E-state index in [9.17, 15) is 13.2 Å². The molecule has 2 aromatic carbocycles. The Kier molecular flexibility index (Phi) is 7.35. The zero-order chi connectivity index (χ0) is 21.4. The Balaban J connectivity index is 2.21. The highest BCUT2D eigenvalue weighted by molar-refractivity contribution is 6.44. The smallest absolute Gasteiger partial charge is 0.416 e. The molecule has 2 rings (SSSR count). The van der Waals surface area contributed by atoms with E-state index in [4.69, 9.17) is 19.8 Å². The van der Waals surface area contributed by atoms with E-state index in [-0.39, 0.29) is 18.2 Å². The van der Waals surface area contributed by atoms with Gasteiger partial charge >= 0.3 is 6.18 Å². The van der Waals surface area contributed by atoms with E-state index in [0.717, 1.165) is 12.1 Å². The summed E-state index contributed by atoms with van der Waals surface area (Å²) < 4.78 is 43.5. The van der Waals surface area contributed by atoms with E-state index in [0.29, 0.717) is 22.4 Å². The fraction of sp³-hybridized carbons (Fsp3) is 0.250. The second-order valence-corrected chi connectivity index (χ2v) is 5.84. The van der Waals surface area contributed by atoms with Crippen LogP contribution in [0.5, 0.6) is 0 Å². The van der Waals surface area contributed by atoms with Crippen molar-refractivity contribution in [2.45, 2.75) is 19.7 Å². The standard InChI is InChI=1S/C20H20F3N3O3/c1-13(14-8-6-9-16(11-14)20(21,22)23)25-29-12-15-7-4-5-10-17(15)18(26-28-3)19(24)27-2/h4-11,24H,12H2,1-3H3/b24-19?,25-13+,26-18+. The third-order valence-electron chi connectivity index (χ3n) is 3.90. The van der Waals surface area contributed by atoms with Crippen LogP contribution in [0.25, 0.3) is 0 Å². The lowest BCUT2D eigenvalue weighted by Gasteiger charge is -2.11. The number of rotatable bonds is 7. The Morgan fingerprint density at radius 2 is 1.76 bits per heavy atom. The quantitative estimate of drug-likeness (QED) is 0.413. The maximum absolute atomic E-state index is 12.9. The van der Waals surface area contributed by atoms with Gasteiger partial charge in [-0.3, -0.25) is 5.41 Å². The monoisotopic (exact) mass is 407 g/mol. The van der Waals surface area contributed by atoms with Crippen molar-refractivity contribution >= 4 is 17.3 Å². The van der Waals surface area contributed by atoms with Crippen LogP contribution in [0.4, 0.5) is 13.2 Å². The first kappa shape index (κ1) is 21.9. The van der Waals surface area contributed by atoms with E-state index in [1.54, 1.807) is 31.2 Å². The fourth-order valence-electron chi connectivity index (χ4n) is 2.45. The maximum Gasteiger partial charge on any atom is 0.416 e. The third kappa shape index (κ3) is 5.81. The third-order valence-corrected chi connectivity index (χ3v) is 3.90. The predicted octanol–water partition coefficient (Wildman–Crippen LogP) is 4.62. The van der Waals surface area contributed by atoms with Gasteiger partial charge in [-0.15, -0.1) is 0 Å². The Morgan fingerprint density at radius 1 is 1.03 bits per heavy atom. The van der Waals surface area contributed by atoms with Gasteiger partial charge in [0.15, 0.2) is 5.71 Å². The van der Waals surface area contributed by atoms with Crippen LogP contribution in [0, 0.1) is 5.41 Å². The Labute approximate surface area is 166 Å². The van der Waals surface area contributed by atoms with Gasteiger partial charge in [-0.2, -0.15) is 13.2 Å². The Hall–Kier alpha value is -3.36. The SMILES string of the molecule is CO/N=C(/C(=N)OC)c1ccccc1CO/N=C(\C)c1cccc(C(F)(F)F)c1. The molecule has 0 radical (unpaired) electrons. The maximum atomic E-state index is 12.9. The highest BCUT2D eigenvalue weighted by Crippen LogP contribution is 2.29. The summed E-state index contributed by atoms with van der Waals surface area (Å²) in [5, 5.41) is 15.6. The van der Waals surface area contributed by atoms with Crippen LogP contribution in [0.1, 0.15) is 29.2 Å². The average Bonchev–Trinajstić information content (AvgIpc) is 2.71. The van der Waals surface area contributed by atoms with E-state index >= 15 is 0 Å². The minimum absolute atomic E-state index is 0.00615. The Bertz CT molecular complexity index is 924. The van der Waals surface area contributed by atoms with Gasteiger partial charge < -0.3 is 14.4 Å². The molecule has 0 heterocycles. The van der Waals surface area contributed by atoms with Gasteiger partial charge in [0.1, 0.15) is 13.7 Å². The van der Waals surface area contributed by atoms with Crippen molar-refractivity contribution in [3.63, 3.8) is 0 Å². The molecule has 6 nitrogen and oxygen atoms in total. The van der Waals surface area contributed by atoms with Gasteiger partial charge in [-0.25, -0.2) is 0 Å². The van der Waals surface area contributed by atoms with Crippen LogP contribution in [0.3, 0.4) is 0 Å². The molecule has 0 fully saturated rings. The van der Waals surface area contributed by atoms with Crippen molar-refractivity contribution in [2.75, 3.05) is 14.2 Å². The number of benzene rings is 2. The largest absolute Gasteiger partial charge is 0.480 e. The molecule has 2 aromatic rings. The number of halogens is 3. The number of alkyl halides is 3. The molecule has 154 valence electrons. The van der Waals surface area contributed by atoms with Crippen molar-refractivity contribution in [3.05, 3.63) is 70.8 Å². The normalized spacial score (nSPS) is 12.5. The van der Waals surface area contributed by atoms with Gasteiger partial charge in [0.05, 0.1) is 18.4 Å². The molecule has 0 bridgehead atoms.